The molecule has 2 atom stereocenters. The van der Waals surface area contributed by atoms with Crippen LogP contribution >= 0.6 is 24.8 Å². The number of likely N-dealkylation sites (tertiary alicyclic amines) is 1. The van der Waals surface area contributed by atoms with Crippen LogP contribution in [0.4, 0.5) is 0 Å². The van der Waals surface area contributed by atoms with Gasteiger partial charge in [0.1, 0.15) is 5.82 Å². The summed E-state index contributed by atoms with van der Waals surface area (Å²) in [7, 11) is 0. The minimum Gasteiger partial charge on any atom is -0.391 e. The fraction of sp³-hybridized carbons (Fsp3) is 0.692. The van der Waals surface area contributed by atoms with Gasteiger partial charge in [0.05, 0.1) is 6.10 Å². The van der Waals surface area contributed by atoms with Crippen LogP contribution in [0.15, 0.2) is 12.4 Å². The van der Waals surface area contributed by atoms with E-state index in [0.717, 1.165) is 12.2 Å². The number of aromatic nitrogens is 2. The maximum atomic E-state index is 12.1. The number of β-amino-alcohol motifs (C(OH)–C–C–N with tert-alkyl or cyclic N) is 1. The van der Waals surface area contributed by atoms with Gasteiger partial charge in [-0.2, -0.15) is 0 Å². The molecule has 0 unspecified atom stereocenters. The summed E-state index contributed by atoms with van der Waals surface area (Å²) in [6.07, 6.45) is 5.00. The molecule has 0 aliphatic carbocycles. The molecule has 1 saturated heterocycles. The average Bonchev–Trinajstić information content (AvgIpc) is 2.82. The molecule has 2 rings (SSSR count). The zero-order chi connectivity index (χ0) is 13.8. The van der Waals surface area contributed by atoms with E-state index >= 15 is 0 Å². The Morgan fingerprint density at radius 2 is 2.19 bits per heavy atom. The third-order valence-electron chi connectivity index (χ3n) is 3.50. The van der Waals surface area contributed by atoms with E-state index in [9.17, 15) is 9.90 Å². The number of imidazole rings is 1. The van der Waals surface area contributed by atoms with Crippen LogP contribution in [0, 0.1) is 0 Å². The zero-order valence-corrected chi connectivity index (χ0v) is 13.8. The van der Waals surface area contributed by atoms with Crippen molar-refractivity contribution in [1.29, 1.82) is 0 Å². The molecule has 3 N–H and O–H groups in total. The first kappa shape index (κ1) is 20.2. The van der Waals surface area contributed by atoms with Crippen molar-refractivity contribution in [3.63, 3.8) is 0 Å². The molecule has 2 heterocycles. The smallest absolute Gasteiger partial charge is 0.224 e. The van der Waals surface area contributed by atoms with E-state index in [0.29, 0.717) is 32.5 Å². The predicted octanol–water partition coefficient (Wildman–Crippen LogP) is 0.600. The van der Waals surface area contributed by atoms with Gasteiger partial charge in [-0.3, -0.25) is 4.79 Å². The van der Waals surface area contributed by atoms with Gasteiger partial charge in [0.2, 0.25) is 5.91 Å². The van der Waals surface area contributed by atoms with Gasteiger partial charge in [-0.1, -0.05) is 6.92 Å². The van der Waals surface area contributed by atoms with E-state index in [1.165, 1.54) is 0 Å². The fourth-order valence-corrected chi connectivity index (χ4v) is 2.55. The SMILES string of the molecule is CCc1nccn1CCC(=O)N1C[C@@H](N)C[C@@H](O)C1.Cl.Cl. The lowest BCUT2D eigenvalue weighted by Gasteiger charge is -2.34. The van der Waals surface area contributed by atoms with Crippen LogP contribution in [0.3, 0.4) is 0 Å². The highest BCUT2D eigenvalue weighted by Crippen LogP contribution is 2.11. The third-order valence-corrected chi connectivity index (χ3v) is 3.50. The molecular weight excluding hydrogens is 315 g/mol. The number of aryl methyl sites for hydroxylation is 2. The molecule has 0 radical (unpaired) electrons. The van der Waals surface area contributed by atoms with E-state index in [2.05, 4.69) is 4.98 Å². The lowest BCUT2D eigenvalue weighted by Crippen LogP contribution is -2.51. The molecule has 0 spiro atoms. The van der Waals surface area contributed by atoms with Gasteiger partial charge < -0.3 is 20.3 Å². The summed E-state index contributed by atoms with van der Waals surface area (Å²) >= 11 is 0. The van der Waals surface area contributed by atoms with E-state index in [4.69, 9.17) is 5.73 Å². The number of aliphatic hydroxyl groups excluding tert-OH is 1. The van der Waals surface area contributed by atoms with E-state index in [1.54, 1.807) is 11.1 Å². The van der Waals surface area contributed by atoms with Gasteiger partial charge in [0, 0.05) is 50.9 Å². The number of nitrogens with zero attached hydrogens (tertiary/aromatic N) is 3. The van der Waals surface area contributed by atoms with Gasteiger partial charge >= 0.3 is 0 Å². The lowest BCUT2D eigenvalue weighted by atomic mass is 10.0. The van der Waals surface area contributed by atoms with Crippen molar-refractivity contribution in [1.82, 2.24) is 14.5 Å². The maximum absolute atomic E-state index is 12.1. The molecule has 0 saturated carbocycles. The largest absolute Gasteiger partial charge is 0.391 e. The van der Waals surface area contributed by atoms with Crippen molar-refractivity contribution in [3.05, 3.63) is 18.2 Å². The molecule has 1 fully saturated rings. The Balaban J connectivity index is 0.00000200. The summed E-state index contributed by atoms with van der Waals surface area (Å²) in [4.78, 5) is 18.0. The molecular formula is C13H24Cl2N4O2. The van der Waals surface area contributed by atoms with Crippen molar-refractivity contribution in [2.45, 2.75) is 44.9 Å². The van der Waals surface area contributed by atoms with Crippen molar-refractivity contribution < 1.29 is 9.90 Å². The van der Waals surface area contributed by atoms with E-state index < -0.39 is 6.10 Å². The summed E-state index contributed by atoms with van der Waals surface area (Å²) in [6, 6.07) is -0.118. The molecule has 0 aromatic carbocycles. The first-order valence-electron chi connectivity index (χ1n) is 6.81. The second-order valence-corrected chi connectivity index (χ2v) is 5.09. The normalized spacial score (nSPS) is 21.4. The number of halogens is 2. The Morgan fingerprint density at radius 1 is 1.48 bits per heavy atom. The number of piperidine rings is 1. The second kappa shape index (κ2) is 9.25. The van der Waals surface area contributed by atoms with Crippen LogP contribution in [0.25, 0.3) is 0 Å². The van der Waals surface area contributed by atoms with Gasteiger partial charge in [0.15, 0.2) is 0 Å². The molecule has 1 aliphatic heterocycles. The summed E-state index contributed by atoms with van der Waals surface area (Å²) in [6.45, 7) is 3.61. The topological polar surface area (TPSA) is 84.4 Å². The Morgan fingerprint density at radius 3 is 2.81 bits per heavy atom. The summed E-state index contributed by atoms with van der Waals surface area (Å²) < 4.78 is 2.00. The first-order chi connectivity index (χ1) is 9.10. The highest BCUT2D eigenvalue weighted by molar-refractivity contribution is 5.85. The Hall–Kier alpha value is -0.820. The van der Waals surface area contributed by atoms with Gasteiger partial charge in [-0.15, -0.1) is 24.8 Å². The van der Waals surface area contributed by atoms with Gasteiger partial charge in [-0.05, 0) is 6.42 Å². The molecule has 0 bridgehead atoms. The molecule has 21 heavy (non-hydrogen) atoms. The third kappa shape index (κ3) is 5.47. The van der Waals surface area contributed by atoms with Crippen molar-refractivity contribution >= 4 is 30.7 Å². The van der Waals surface area contributed by atoms with Gasteiger partial charge in [-0.25, -0.2) is 4.98 Å². The molecule has 1 aromatic rings. The molecule has 1 amide bonds. The highest BCUT2D eigenvalue weighted by atomic mass is 35.5. The van der Waals surface area contributed by atoms with Crippen molar-refractivity contribution in [2.75, 3.05) is 13.1 Å². The monoisotopic (exact) mass is 338 g/mol. The second-order valence-electron chi connectivity index (χ2n) is 5.09. The van der Waals surface area contributed by atoms with E-state index in [1.807, 2.05) is 17.7 Å². The predicted molar refractivity (Wildman–Crippen MR) is 85.9 cm³/mol. The molecule has 1 aromatic heterocycles. The maximum Gasteiger partial charge on any atom is 0.224 e. The Labute approximate surface area is 137 Å². The molecule has 6 nitrogen and oxygen atoms in total. The Kier molecular flexibility index (Phi) is 8.89. The zero-order valence-electron chi connectivity index (χ0n) is 12.1. The molecule has 122 valence electrons. The number of rotatable bonds is 4. The van der Waals surface area contributed by atoms with Crippen LogP contribution in [-0.2, 0) is 17.8 Å². The number of carbonyl (C=O) groups excluding carboxylic acids is 1. The summed E-state index contributed by atoms with van der Waals surface area (Å²) in [5.41, 5.74) is 5.82. The number of carbonyl (C=O) groups is 1. The molecule has 1 aliphatic rings. The van der Waals surface area contributed by atoms with Crippen LogP contribution in [0.5, 0.6) is 0 Å². The quantitative estimate of drug-likeness (QED) is 0.841. The minimum absolute atomic E-state index is 0. The Bertz CT molecular complexity index is 432. The molecule has 8 heteroatoms. The standard InChI is InChI=1S/C13H22N4O2.2ClH/c1-2-12-15-4-6-16(12)5-3-13(19)17-8-10(14)7-11(18)9-17;;/h4,6,10-11,18H,2-3,5,7-9,14H2,1H3;2*1H/t10-,11+;;/m0../s1. The number of nitrogens with two attached hydrogens (primary N) is 1. The van der Waals surface area contributed by atoms with Crippen molar-refractivity contribution in [3.8, 4) is 0 Å². The van der Waals surface area contributed by atoms with Crippen LogP contribution in [0.2, 0.25) is 0 Å². The number of hydrogen-bond acceptors (Lipinski definition) is 4. The highest BCUT2D eigenvalue weighted by Gasteiger charge is 2.26. The van der Waals surface area contributed by atoms with Gasteiger partial charge in [0.25, 0.3) is 0 Å². The summed E-state index contributed by atoms with van der Waals surface area (Å²) in [5, 5.41) is 9.64. The average molecular weight is 339 g/mol. The lowest BCUT2D eigenvalue weighted by molar-refractivity contribution is -0.134. The number of amides is 1. The summed E-state index contributed by atoms with van der Waals surface area (Å²) in [5.74, 6) is 1.04. The van der Waals surface area contributed by atoms with E-state index in [-0.39, 0.29) is 36.8 Å². The van der Waals surface area contributed by atoms with Crippen LogP contribution in [0.1, 0.15) is 25.6 Å². The fourth-order valence-electron chi connectivity index (χ4n) is 2.55. The number of aliphatic hydroxyl groups is 1. The van der Waals surface area contributed by atoms with Crippen LogP contribution < -0.4 is 5.73 Å². The van der Waals surface area contributed by atoms with Crippen LogP contribution in [-0.4, -0.2) is 50.7 Å². The first-order valence-corrected chi connectivity index (χ1v) is 6.81. The minimum atomic E-state index is -0.493. The van der Waals surface area contributed by atoms with Crippen molar-refractivity contribution in [2.24, 2.45) is 5.73 Å². The number of hydrogen-bond donors (Lipinski definition) is 2.